The van der Waals surface area contributed by atoms with Crippen LogP contribution in [0.15, 0.2) is 36.7 Å². The van der Waals surface area contributed by atoms with Crippen LogP contribution in [-0.4, -0.2) is 29.4 Å². The number of ether oxygens (including phenoxy) is 1. The first-order chi connectivity index (χ1) is 10.9. The molecule has 1 amide bonds. The molecule has 120 valence electrons. The van der Waals surface area contributed by atoms with Crippen LogP contribution in [0.2, 0.25) is 0 Å². The molecule has 6 nitrogen and oxygen atoms in total. The van der Waals surface area contributed by atoms with Crippen LogP contribution in [-0.2, 0) is 4.74 Å². The Labute approximate surface area is 135 Å². The highest BCUT2D eigenvalue weighted by molar-refractivity contribution is 5.92. The number of fused-ring (bicyclic) bond motifs is 1. The number of pyridine rings is 1. The van der Waals surface area contributed by atoms with Crippen LogP contribution >= 0.6 is 0 Å². The molecule has 2 rings (SSSR count). The lowest BCUT2D eigenvalue weighted by molar-refractivity contribution is 0.0527. The van der Waals surface area contributed by atoms with Gasteiger partial charge in [-0.15, -0.1) is 0 Å². The van der Waals surface area contributed by atoms with Gasteiger partial charge in [-0.2, -0.15) is 0 Å². The summed E-state index contributed by atoms with van der Waals surface area (Å²) in [5.41, 5.74) is 0.195. The Balaban J connectivity index is 2.02. The van der Waals surface area contributed by atoms with Crippen molar-refractivity contribution in [3.8, 4) is 0 Å². The Kier molecular flexibility index (Phi) is 5.02. The summed E-state index contributed by atoms with van der Waals surface area (Å²) in [7, 11) is 0. The average molecular weight is 312 g/mol. The van der Waals surface area contributed by atoms with E-state index in [2.05, 4.69) is 20.5 Å². The third-order valence-corrected chi connectivity index (χ3v) is 2.98. The van der Waals surface area contributed by atoms with E-state index in [4.69, 9.17) is 11.3 Å². The summed E-state index contributed by atoms with van der Waals surface area (Å²) in [4.78, 5) is 19.3. The summed E-state index contributed by atoms with van der Waals surface area (Å²) in [6, 6.07) is 7.78. The quantitative estimate of drug-likeness (QED) is 0.849. The molecule has 23 heavy (non-hydrogen) atoms. The SMILES string of the molecule is [C-]#[N+]C(CNC(=O)OC(C)(C)C)Nc1cncc2ccccc12. The second-order valence-corrected chi connectivity index (χ2v) is 6.08. The molecule has 0 bridgehead atoms. The van der Waals surface area contributed by atoms with Crippen molar-refractivity contribution >= 4 is 22.6 Å². The van der Waals surface area contributed by atoms with E-state index in [1.165, 1.54) is 0 Å². The second kappa shape index (κ2) is 6.97. The van der Waals surface area contributed by atoms with E-state index in [-0.39, 0.29) is 6.54 Å². The zero-order chi connectivity index (χ0) is 16.9. The fourth-order valence-electron chi connectivity index (χ4n) is 2.03. The maximum atomic E-state index is 11.7. The van der Waals surface area contributed by atoms with Gasteiger partial charge >= 0.3 is 12.3 Å². The Morgan fingerprint density at radius 2 is 2.09 bits per heavy atom. The average Bonchev–Trinajstić information content (AvgIpc) is 2.50. The monoisotopic (exact) mass is 312 g/mol. The van der Waals surface area contributed by atoms with Gasteiger partial charge in [0.15, 0.2) is 0 Å². The van der Waals surface area contributed by atoms with Crippen molar-refractivity contribution in [3.63, 3.8) is 0 Å². The van der Waals surface area contributed by atoms with Crippen LogP contribution in [0.3, 0.4) is 0 Å². The van der Waals surface area contributed by atoms with Crippen LogP contribution in [0.5, 0.6) is 0 Å². The van der Waals surface area contributed by atoms with E-state index in [1.54, 1.807) is 33.2 Å². The molecule has 0 saturated heterocycles. The van der Waals surface area contributed by atoms with Gasteiger partial charge in [-0.25, -0.2) is 11.4 Å². The molecule has 1 heterocycles. The molecule has 1 atom stereocenters. The Morgan fingerprint density at radius 1 is 1.35 bits per heavy atom. The molecule has 0 aliphatic carbocycles. The maximum absolute atomic E-state index is 11.7. The maximum Gasteiger partial charge on any atom is 0.408 e. The fourth-order valence-corrected chi connectivity index (χ4v) is 2.03. The minimum absolute atomic E-state index is 0.141. The number of hydrogen-bond donors (Lipinski definition) is 2. The third kappa shape index (κ3) is 4.85. The molecule has 2 N–H and O–H groups in total. The van der Waals surface area contributed by atoms with Crippen LogP contribution in [0.1, 0.15) is 20.8 Å². The van der Waals surface area contributed by atoms with E-state index in [0.717, 1.165) is 16.5 Å². The minimum Gasteiger partial charge on any atom is -0.444 e. The Hall–Kier alpha value is -2.81. The van der Waals surface area contributed by atoms with Crippen molar-refractivity contribution in [2.24, 2.45) is 0 Å². The van der Waals surface area contributed by atoms with Gasteiger partial charge in [-0.3, -0.25) is 9.83 Å². The lowest BCUT2D eigenvalue weighted by Gasteiger charge is -2.20. The predicted octanol–water partition coefficient (Wildman–Crippen LogP) is 3.42. The molecule has 0 radical (unpaired) electrons. The van der Waals surface area contributed by atoms with Crippen molar-refractivity contribution < 1.29 is 9.53 Å². The number of alkyl carbamates (subject to hydrolysis) is 1. The smallest absolute Gasteiger partial charge is 0.408 e. The third-order valence-electron chi connectivity index (χ3n) is 2.98. The summed E-state index contributed by atoms with van der Waals surface area (Å²) < 4.78 is 5.16. The Bertz CT molecular complexity index is 726. The molecule has 0 spiro atoms. The highest BCUT2D eigenvalue weighted by Gasteiger charge is 2.19. The van der Waals surface area contributed by atoms with Crippen LogP contribution in [0.25, 0.3) is 15.6 Å². The van der Waals surface area contributed by atoms with Gasteiger partial charge in [0.1, 0.15) is 12.1 Å². The van der Waals surface area contributed by atoms with Gasteiger partial charge in [0, 0.05) is 17.0 Å². The summed E-state index contributed by atoms with van der Waals surface area (Å²) >= 11 is 0. The molecule has 2 aromatic rings. The molecule has 0 aliphatic rings. The topological polar surface area (TPSA) is 67.6 Å². The number of carbonyl (C=O) groups excluding carboxylic acids is 1. The largest absolute Gasteiger partial charge is 0.444 e. The number of hydrogen-bond acceptors (Lipinski definition) is 4. The van der Waals surface area contributed by atoms with Gasteiger partial charge in [0.25, 0.3) is 0 Å². The molecule has 0 fully saturated rings. The zero-order valence-electron chi connectivity index (χ0n) is 13.5. The molecular weight excluding hydrogens is 292 g/mol. The van der Waals surface area contributed by atoms with Gasteiger partial charge in [-0.1, -0.05) is 24.3 Å². The number of anilines is 1. The fraction of sp³-hybridized carbons (Fsp3) is 0.353. The summed E-state index contributed by atoms with van der Waals surface area (Å²) in [6.45, 7) is 12.8. The van der Waals surface area contributed by atoms with E-state index in [0.29, 0.717) is 0 Å². The van der Waals surface area contributed by atoms with Crippen LogP contribution in [0.4, 0.5) is 10.5 Å². The number of rotatable bonds is 4. The van der Waals surface area contributed by atoms with Crippen molar-refractivity contribution in [2.45, 2.75) is 32.5 Å². The van der Waals surface area contributed by atoms with E-state index >= 15 is 0 Å². The molecule has 1 unspecified atom stereocenters. The molecule has 6 heteroatoms. The lowest BCUT2D eigenvalue weighted by atomic mass is 10.1. The van der Waals surface area contributed by atoms with Gasteiger partial charge < -0.3 is 15.4 Å². The highest BCUT2D eigenvalue weighted by Crippen LogP contribution is 2.22. The van der Waals surface area contributed by atoms with Crippen molar-refractivity contribution in [2.75, 3.05) is 11.9 Å². The van der Waals surface area contributed by atoms with E-state index in [9.17, 15) is 4.79 Å². The summed E-state index contributed by atoms with van der Waals surface area (Å²) in [5.74, 6) is 0. The number of carbonyl (C=O) groups is 1. The highest BCUT2D eigenvalue weighted by atomic mass is 16.6. The number of amides is 1. The molecular formula is C17H20N4O2. The van der Waals surface area contributed by atoms with Gasteiger partial charge in [-0.05, 0) is 20.8 Å². The first-order valence-electron chi connectivity index (χ1n) is 7.32. The first kappa shape index (κ1) is 16.6. The lowest BCUT2D eigenvalue weighted by Crippen LogP contribution is -2.38. The number of nitrogens with zero attached hydrogens (tertiary/aromatic N) is 2. The second-order valence-electron chi connectivity index (χ2n) is 6.08. The van der Waals surface area contributed by atoms with Crippen LogP contribution in [0, 0.1) is 6.57 Å². The van der Waals surface area contributed by atoms with Gasteiger partial charge in [0.05, 0.1) is 11.9 Å². The van der Waals surface area contributed by atoms with Crippen molar-refractivity contribution in [1.29, 1.82) is 0 Å². The van der Waals surface area contributed by atoms with E-state index < -0.39 is 17.9 Å². The molecule has 0 aliphatic heterocycles. The number of benzene rings is 1. The van der Waals surface area contributed by atoms with Crippen molar-refractivity contribution in [3.05, 3.63) is 48.1 Å². The number of aromatic nitrogens is 1. The van der Waals surface area contributed by atoms with Crippen LogP contribution < -0.4 is 10.6 Å². The van der Waals surface area contributed by atoms with E-state index in [1.807, 2.05) is 24.3 Å². The molecule has 1 aromatic heterocycles. The molecule has 1 aromatic carbocycles. The first-order valence-corrected chi connectivity index (χ1v) is 7.32. The standard InChI is InChI=1S/C17H20N4O2/c1-17(2,3)23-16(22)20-11-15(18-4)21-14-10-19-9-12-7-5-6-8-13(12)14/h5-10,15,21H,11H2,1-3H3,(H,20,22). The van der Waals surface area contributed by atoms with Gasteiger partial charge in [0.2, 0.25) is 0 Å². The number of nitrogens with one attached hydrogen (secondary N) is 2. The van der Waals surface area contributed by atoms with Crippen molar-refractivity contribution in [1.82, 2.24) is 10.3 Å². The summed E-state index contributed by atoms with van der Waals surface area (Å²) in [6.07, 6.45) is 2.31. The Morgan fingerprint density at radius 3 is 2.78 bits per heavy atom. The normalized spacial score (nSPS) is 12.3. The molecule has 0 saturated carbocycles. The summed E-state index contributed by atoms with van der Waals surface area (Å²) in [5, 5.41) is 7.67. The zero-order valence-corrected chi connectivity index (χ0v) is 13.5. The minimum atomic E-state index is -0.602. The predicted molar refractivity (Wildman–Crippen MR) is 90.0 cm³/mol.